The molecule has 0 saturated heterocycles. The van der Waals surface area contributed by atoms with Crippen molar-refractivity contribution < 1.29 is 9.59 Å². The first-order valence-corrected chi connectivity index (χ1v) is 6.53. The lowest BCUT2D eigenvalue weighted by atomic mass is 10.3. The summed E-state index contributed by atoms with van der Waals surface area (Å²) < 4.78 is 0. The second-order valence-corrected chi connectivity index (χ2v) is 4.92. The first-order chi connectivity index (χ1) is 8.24. The highest BCUT2D eigenvalue weighted by molar-refractivity contribution is 5.79. The van der Waals surface area contributed by atoms with Gasteiger partial charge in [-0.15, -0.1) is 0 Å². The predicted molar refractivity (Wildman–Crippen MR) is 64.4 cm³/mol. The van der Waals surface area contributed by atoms with Gasteiger partial charge >= 0.3 is 0 Å². The summed E-state index contributed by atoms with van der Waals surface area (Å²) >= 11 is 0. The highest BCUT2D eigenvalue weighted by atomic mass is 16.2. The van der Waals surface area contributed by atoms with Gasteiger partial charge in [0, 0.05) is 38.0 Å². The van der Waals surface area contributed by atoms with Crippen LogP contribution in [0.15, 0.2) is 0 Å². The van der Waals surface area contributed by atoms with E-state index in [1.54, 1.807) is 0 Å². The molecule has 0 bridgehead atoms. The van der Waals surface area contributed by atoms with Crippen LogP contribution in [-0.2, 0) is 9.59 Å². The molecule has 5 nitrogen and oxygen atoms in total. The normalized spacial score (nSPS) is 18.8. The summed E-state index contributed by atoms with van der Waals surface area (Å²) in [5.41, 5.74) is 0. The van der Waals surface area contributed by atoms with Crippen LogP contribution in [0.25, 0.3) is 0 Å². The number of carbonyl (C=O) groups excluding carboxylic acids is 2. The number of hydrogen-bond donors (Lipinski definition) is 3. The van der Waals surface area contributed by atoms with Gasteiger partial charge in [-0.3, -0.25) is 9.59 Å². The minimum absolute atomic E-state index is 0.0253. The highest BCUT2D eigenvalue weighted by Gasteiger charge is 2.23. The van der Waals surface area contributed by atoms with Crippen LogP contribution in [0.2, 0.25) is 0 Å². The van der Waals surface area contributed by atoms with Gasteiger partial charge in [0.1, 0.15) is 0 Å². The lowest BCUT2D eigenvalue weighted by Gasteiger charge is -2.06. The number of hydrogen-bond acceptors (Lipinski definition) is 3. The summed E-state index contributed by atoms with van der Waals surface area (Å²) in [6, 6.07) is 1.05. The molecule has 0 spiro atoms. The quantitative estimate of drug-likeness (QED) is 0.554. The molecule has 0 heterocycles. The molecule has 5 heteroatoms. The van der Waals surface area contributed by atoms with Crippen LogP contribution in [0.1, 0.15) is 38.5 Å². The second-order valence-electron chi connectivity index (χ2n) is 4.92. The average Bonchev–Trinajstić information content (AvgIpc) is 3.11. The van der Waals surface area contributed by atoms with Crippen molar-refractivity contribution in [2.75, 3.05) is 13.1 Å². The SMILES string of the molecule is O=C(CCNC1CC1)NCCC(=O)NC1CC1. The zero-order chi connectivity index (χ0) is 12.1. The Morgan fingerprint density at radius 1 is 0.882 bits per heavy atom. The van der Waals surface area contributed by atoms with Crippen molar-refractivity contribution in [1.82, 2.24) is 16.0 Å². The molecule has 0 aromatic heterocycles. The molecule has 2 amide bonds. The Labute approximate surface area is 102 Å². The fourth-order valence-electron chi connectivity index (χ4n) is 1.61. The first-order valence-electron chi connectivity index (χ1n) is 6.53. The molecule has 2 aliphatic carbocycles. The Morgan fingerprint density at radius 3 is 2.18 bits per heavy atom. The van der Waals surface area contributed by atoms with E-state index in [4.69, 9.17) is 0 Å². The molecule has 2 aliphatic rings. The number of rotatable bonds is 8. The lowest BCUT2D eigenvalue weighted by molar-refractivity contribution is -0.122. The minimum Gasteiger partial charge on any atom is -0.356 e. The first kappa shape index (κ1) is 12.4. The molecular formula is C12H21N3O2. The molecule has 0 unspecified atom stereocenters. The highest BCUT2D eigenvalue weighted by Crippen LogP contribution is 2.18. The maximum Gasteiger partial charge on any atom is 0.221 e. The number of nitrogens with one attached hydrogen (secondary N) is 3. The molecule has 0 aromatic rings. The van der Waals surface area contributed by atoms with Crippen LogP contribution >= 0.6 is 0 Å². The van der Waals surface area contributed by atoms with E-state index < -0.39 is 0 Å². The Bertz CT molecular complexity index is 285. The summed E-state index contributed by atoms with van der Waals surface area (Å²) in [5, 5.41) is 8.93. The van der Waals surface area contributed by atoms with Gasteiger partial charge in [-0.1, -0.05) is 0 Å². The molecular weight excluding hydrogens is 218 g/mol. The third-order valence-corrected chi connectivity index (χ3v) is 2.98. The maximum absolute atomic E-state index is 11.4. The maximum atomic E-state index is 11.4. The summed E-state index contributed by atoms with van der Waals surface area (Å²) in [6.45, 7) is 1.19. The van der Waals surface area contributed by atoms with Crippen molar-refractivity contribution in [2.24, 2.45) is 0 Å². The monoisotopic (exact) mass is 239 g/mol. The van der Waals surface area contributed by atoms with Crippen molar-refractivity contribution in [1.29, 1.82) is 0 Å². The number of carbonyl (C=O) groups is 2. The van der Waals surface area contributed by atoms with Crippen molar-refractivity contribution >= 4 is 11.8 Å². The standard InChI is InChI=1S/C12H21N3O2/c16-11(5-7-13-9-1-2-9)14-8-6-12(17)15-10-3-4-10/h9-10,13H,1-8H2,(H,14,16)(H,15,17). The molecule has 0 aliphatic heterocycles. The van der Waals surface area contributed by atoms with E-state index in [9.17, 15) is 9.59 Å². The largest absolute Gasteiger partial charge is 0.356 e. The van der Waals surface area contributed by atoms with Crippen molar-refractivity contribution in [3.63, 3.8) is 0 Å². The van der Waals surface area contributed by atoms with Crippen LogP contribution in [0.5, 0.6) is 0 Å². The Morgan fingerprint density at radius 2 is 1.53 bits per heavy atom. The fraction of sp³-hybridized carbons (Fsp3) is 0.833. The van der Waals surface area contributed by atoms with Gasteiger partial charge in [-0.2, -0.15) is 0 Å². The minimum atomic E-state index is 0.0253. The van der Waals surface area contributed by atoms with Gasteiger partial charge in [0.15, 0.2) is 0 Å². The van der Waals surface area contributed by atoms with Gasteiger partial charge in [-0.25, -0.2) is 0 Å². The lowest BCUT2D eigenvalue weighted by Crippen LogP contribution is -2.33. The van der Waals surface area contributed by atoms with E-state index >= 15 is 0 Å². The molecule has 0 atom stereocenters. The molecule has 3 N–H and O–H groups in total. The molecule has 0 aromatic carbocycles. The van der Waals surface area contributed by atoms with E-state index in [-0.39, 0.29) is 11.8 Å². The van der Waals surface area contributed by atoms with Crippen LogP contribution in [0.3, 0.4) is 0 Å². The second kappa shape index (κ2) is 6.00. The molecule has 0 radical (unpaired) electrons. The zero-order valence-corrected chi connectivity index (χ0v) is 10.1. The molecule has 96 valence electrons. The summed E-state index contributed by atoms with van der Waals surface area (Å²) in [6.07, 6.45) is 5.57. The summed E-state index contributed by atoms with van der Waals surface area (Å²) in [7, 11) is 0. The molecule has 17 heavy (non-hydrogen) atoms. The van der Waals surface area contributed by atoms with Crippen LogP contribution < -0.4 is 16.0 Å². The third-order valence-electron chi connectivity index (χ3n) is 2.98. The zero-order valence-electron chi connectivity index (χ0n) is 10.1. The van der Waals surface area contributed by atoms with E-state index in [1.807, 2.05) is 0 Å². The smallest absolute Gasteiger partial charge is 0.221 e. The van der Waals surface area contributed by atoms with Gasteiger partial charge in [0.25, 0.3) is 0 Å². The van der Waals surface area contributed by atoms with Crippen molar-refractivity contribution in [3.05, 3.63) is 0 Å². The van der Waals surface area contributed by atoms with Gasteiger partial charge in [-0.05, 0) is 25.7 Å². The Hall–Kier alpha value is -1.10. The topological polar surface area (TPSA) is 70.2 Å². The van der Waals surface area contributed by atoms with E-state index in [0.717, 1.165) is 19.4 Å². The average molecular weight is 239 g/mol. The molecule has 2 fully saturated rings. The van der Waals surface area contributed by atoms with E-state index in [0.29, 0.717) is 31.5 Å². The van der Waals surface area contributed by atoms with Crippen molar-refractivity contribution in [2.45, 2.75) is 50.6 Å². The van der Waals surface area contributed by atoms with Crippen LogP contribution in [-0.4, -0.2) is 37.0 Å². The van der Waals surface area contributed by atoms with E-state index in [2.05, 4.69) is 16.0 Å². The molecule has 2 saturated carbocycles. The predicted octanol–water partition coefficient (Wildman–Crippen LogP) is -0.0866. The van der Waals surface area contributed by atoms with Crippen molar-refractivity contribution in [3.8, 4) is 0 Å². The van der Waals surface area contributed by atoms with E-state index in [1.165, 1.54) is 12.8 Å². The third kappa shape index (κ3) is 5.68. The van der Waals surface area contributed by atoms with Crippen LogP contribution in [0, 0.1) is 0 Å². The van der Waals surface area contributed by atoms with Gasteiger partial charge < -0.3 is 16.0 Å². The fourth-order valence-corrected chi connectivity index (χ4v) is 1.61. The molecule has 2 rings (SSSR count). The van der Waals surface area contributed by atoms with Gasteiger partial charge in [0.05, 0.1) is 0 Å². The Kier molecular flexibility index (Phi) is 4.36. The van der Waals surface area contributed by atoms with Crippen LogP contribution in [0.4, 0.5) is 0 Å². The summed E-state index contributed by atoms with van der Waals surface area (Å²) in [4.78, 5) is 22.7. The summed E-state index contributed by atoms with van der Waals surface area (Å²) in [5.74, 6) is 0.0706. The number of amides is 2. The Balaban J connectivity index is 1.42. The van der Waals surface area contributed by atoms with Gasteiger partial charge in [0.2, 0.25) is 11.8 Å².